The Morgan fingerprint density at radius 1 is 1.11 bits per heavy atom. The van der Waals surface area contributed by atoms with Crippen molar-refractivity contribution < 1.29 is 13.9 Å². The average Bonchev–Trinajstić information content (AvgIpc) is 2.79. The van der Waals surface area contributed by atoms with Crippen molar-refractivity contribution in [2.24, 2.45) is 5.41 Å². The standard InChI is InChI=1S/C29H45ClN3O3Si/c1-19-25(30)32-27(33-26(19)31-22-14-16-34-17-15-22)21-12-11-13-23(18-21)35-24(28(3,4)5)20(2)36-37(9,10)29(6,7)8/h11-13,18,20,22,24H,2,14-17H2,1,3-10H3,(H,31,32,33). The van der Waals surface area contributed by atoms with Crippen molar-refractivity contribution in [3.63, 3.8) is 0 Å². The first-order chi connectivity index (χ1) is 17.1. The minimum Gasteiger partial charge on any atom is -0.487 e. The molecule has 1 saturated heterocycles. The smallest absolute Gasteiger partial charge is 0.192 e. The number of aromatic nitrogens is 2. The molecule has 2 unspecified atom stereocenters. The van der Waals surface area contributed by atoms with E-state index < -0.39 is 8.32 Å². The van der Waals surface area contributed by atoms with Crippen LogP contribution in [0.15, 0.2) is 24.3 Å². The lowest BCUT2D eigenvalue weighted by molar-refractivity contribution is 0.000981. The van der Waals surface area contributed by atoms with Crippen LogP contribution >= 0.6 is 11.6 Å². The molecule has 1 aromatic carbocycles. The zero-order valence-electron chi connectivity index (χ0n) is 24.1. The number of benzene rings is 1. The van der Waals surface area contributed by atoms with E-state index in [0.29, 0.717) is 17.0 Å². The topological polar surface area (TPSA) is 65.5 Å². The van der Waals surface area contributed by atoms with Crippen LogP contribution in [0.25, 0.3) is 11.4 Å². The zero-order valence-corrected chi connectivity index (χ0v) is 25.8. The SMILES string of the molecule is [CH2]C(O[Si](C)(C)C(C)(C)C)C(Oc1cccc(-c2nc(Cl)c(C)c(NC3CCOCC3)n2)c1)C(C)(C)C. The molecule has 1 aliphatic rings. The Morgan fingerprint density at radius 2 is 1.76 bits per heavy atom. The second-order valence-corrected chi connectivity index (χ2v) is 17.8. The van der Waals surface area contributed by atoms with E-state index in [9.17, 15) is 0 Å². The van der Waals surface area contributed by atoms with E-state index in [-0.39, 0.29) is 22.7 Å². The summed E-state index contributed by atoms with van der Waals surface area (Å²) < 4.78 is 18.7. The third-order valence-corrected chi connectivity index (χ3v) is 12.3. The molecule has 37 heavy (non-hydrogen) atoms. The monoisotopic (exact) mass is 546 g/mol. The van der Waals surface area contributed by atoms with Crippen LogP contribution in [0.5, 0.6) is 5.75 Å². The van der Waals surface area contributed by atoms with Gasteiger partial charge in [0.15, 0.2) is 14.1 Å². The van der Waals surface area contributed by atoms with E-state index in [1.54, 1.807) is 0 Å². The average molecular weight is 547 g/mol. The van der Waals surface area contributed by atoms with Gasteiger partial charge in [-0.05, 0) is 57.0 Å². The lowest BCUT2D eigenvalue weighted by Crippen LogP contribution is -2.50. The molecule has 1 radical (unpaired) electrons. The minimum atomic E-state index is -2.02. The van der Waals surface area contributed by atoms with Gasteiger partial charge in [0.1, 0.15) is 22.8 Å². The molecule has 0 spiro atoms. The largest absolute Gasteiger partial charge is 0.487 e. The van der Waals surface area contributed by atoms with Crippen molar-refractivity contribution in [3.05, 3.63) is 41.9 Å². The second kappa shape index (κ2) is 11.6. The molecule has 2 atom stereocenters. The molecule has 3 rings (SSSR count). The molecule has 1 fully saturated rings. The van der Waals surface area contributed by atoms with Gasteiger partial charge in [0, 0.05) is 35.8 Å². The summed E-state index contributed by atoms with van der Waals surface area (Å²) in [4.78, 5) is 9.42. The van der Waals surface area contributed by atoms with E-state index in [1.165, 1.54) is 0 Å². The van der Waals surface area contributed by atoms with Gasteiger partial charge in [0.05, 0.1) is 6.10 Å². The van der Waals surface area contributed by atoms with Crippen LogP contribution in [-0.4, -0.2) is 49.7 Å². The number of halogens is 1. The fraction of sp³-hybridized carbons (Fsp3) is 0.621. The third kappa shape index (κ3) is 7.68. The summed E-state index contributed by atoms with van der Waals surface area (Å²) >= 11 is 6.54. The molecule has 205 valence electrons. The summed E-state index contributed by atoms with van der Waals surface area (Å²) in [5.74, 6) is 2.05. The first-order valence-electron chi connectivity index (χ1n) is 13.2. The van der Waals surface area contributed by atoms with Gasteiger partial charge in [0.25, 0.3) is 0 Å². The van der Waals surface area contributed by atoms with E-state index in [1.807, 2.05) is 31.2 Å². The van der Waals surface area contributed by atoms with Crippen LogP contribution < -0.4 is 10.1 Å². The Labute approximate surface area is 230 Å². The number of ether oxygens (including phenoxy) is 2. The number of hydrogen-bond donors (Lipinski definition) is 1. The molecular weight excluding hydrogens is 502 g/mol. The van der Waals surface area contributed by atoms with Gasteiger partial charge in [-0.2, -0.15) is 0 Å². The predicted molar refractivity (Wildman–Crippen MR) is 156 cm³/mol. The molecule has 8 heteroatoms. The molecule has 1 aromatic heterocycles. The van der Waals surface area contributed by atoms with Gasteiger partial charge in [0.2, 0.25) is 0 Å². The van der Waals surface area contributed by atoms with E-state index in [0.717, 1.165) is 48.7 Å². The van der Waals surface area contributed by atoms with Crippen LogP contribution in [-0.2, 0) is 9.16 Å². The summed E-state index contributed by atoms with van der Waals surface area (Å²) in [6, 6.07) is 8.17. The van der Waals surface area contributed by atoms with Gasteiger partial charge < -0.3 is 19.2 Å². The first kappa shape index (κ1) is 29.9. The normalized spacial score (nSPS) is 17.4. The molecule has 0 amide bonds. The molecule has 0 saturated carbocycles. The lowest BCUT2D eigenvalue weighted by atomic mass is 9.86. The Kier molecular flexibility index (Phi) is 9.37. The molecule has 1 N–H and O–H groups in total. The predicted octanol–water partition coefficient (Wildman–Crippen LogP) is 7.71. The second-order valence-electron chi connectivity index (χ2n) is 12.7. The third-order valence-electron chi connectivity index (χ3n) is 7.45. The maximum atomic E-state index is 6.64. The van der Waals surface area contributed by atoms with E-state index in [2.05, 4.69) is 71.9 Å². The van der Waals surface area contributed by atoms with Gasteiger partial charge in [-0.15, -0.1) is 0 Å². The van der Waals surface area contributed by atoms with Gasteiger partial charge in [-0.25, -0.2) is 9.97 Å². The minimum absolute atomic E-state index is 0.0870. The van der Waals surface area contributed by atoms with Crippen LogP contribution in [0.4, 0.5) is 5.82 Å². The van der Waals surface area contributed by atoms with Gasteiger partial charge in [-0.3, -0.25) is 0 Å². The number of nitrogens with one attached hydrogen (secondary N) is 1. The highest BCUT2D eigenvalue weighted by molar-refractivity contribution is 6.74. The number of anilines is 1. The highest BCUT2D eigenvalue weighted by Crippen LogP contribution is 2.39. The quantitative estimate of drug-likeness (QED) is 0.270. The summed E-state index contributed by atoms with van der Waals surface area (Å²) in [6.45, 7) is 25.5. The Hall–Kier alpha value is -1.67. The Balaban J connectivity index is 1.86. The maximum absolute atomic E-state index is 6.64. The van der Waals surface area contributed by atoms with Crippen molar-refractivity contribution in [3.8, 4) is 17.1 Å². The maximum Gasteiger partial charge on any atom is 0.192 e. The summed E-state index contributed by atoms with van der Waals surface area (Å²) in [5, 5.41) is 4.08. The van der Waals surface area contributed by atoms with Crippen molar-refractivity contribution in [1.82, 2.24) is 9.97 Å². The summed E-state index contributed by atoms with van der Waals surface area (Å²) in [6.07, 6.45) is 1.32. The number of hydrogen-bond acceptors (Lipinski definition) is 6. The lowest BCUT2D eigenvalue weighted by Gasteiger charge is -2.43. The van der Waals surface area contributed by atoms with Crippen molar-refractivity contribution in [1.29, 1.82) is 0 Å². The highest BCUT2D eigenvalue weighted by Gasteiger charge is 2.42. The number of nitrogens with zero attached hydrogens (tertiary/aromatic N) is 2. The molecule has 6 nitrogen and oxygen atoms in total. The van der Waals surface area contributed by atoms with Crippen molar-refractivity contribution in [2.45, 2.75) is 97.7 Å². The van der Waals surface area contributed by atoms with Crippen LogP contribution in [0.2, 0.25) is 23.3 Å². The van der Waals surface area contributed by atoms with Crippen molar-refractivity contribution >= 4 is 25.7 Å². The molecule has 1 aliphatic heterocycles. The summed E-state index contributed by atoms with van der Waals surface area (Å²) in [7, 11) is -2.02. The molecule has 2 aromatic rings. The van der Waals surface area contributed by atoms with Crippen LogP contribution in [0.3, 0.4) is 0 Å². The summed E-state index contributed by atoms with van der Waals surface area (Å²) in [5.41, 5.74) is 1.50. The zero-order chi connectivity index (χ0) is 27.6. The van der Waals surface area contributed by atoms with E-state index >= 15 is 0 Å². The Morgan fingerprint density at radius 3 is 2.35 bits per heavy atom. The highest BCUT2D eigenvalue weighted by atomic mass is 35.5. The van der Waals surface area contributed by atoms with Gasteiger partial charge >= 0.3 is 0 Å². The van der Waals surface area contributed by atoms with E-state index in [4.69, 9.17) is 30.5 Å². The molecule has 0 bridgehead atoms. The Bertz CT molecular complexity index is 1060. The fourth-order valence-corrected chi connectivity index (χ4v) is 5.48. The number of rotatable bonds is 8. The van der Waals surface area contributed by atoms with Crippen LogP contribution in [0.1, 0.15) is 59.9 Å². The van der Waals surface area contributed by atoms with Gasteiger partial charge in [-0.1, -0.05) is 65.3 Å². The van der Waals surface area contributed by atoms with Crippen LogP contribution in [0, 0.1) is 19.3 Å². The molecule has 2 heterocycles. The first-order valence-corrected chi connectivity index (χ1v) is 16.5. The molecular formula is C29H45ClN3O3Si. The molecule has 0 aliphatic carbocycles. The fourth-order valence-electron chi connectivity index (χ4n) is 4.08. The van der Waals surface area contributed by atoms with Crippen molar-refractivity contribution in [2.75, 3.05) is 18.5 Å².